The summed E-state index contributed by atoms with van der Waals surface area (Å²) in [5, 5.41) is 9.36. The molecule has 0 aliphatic carbocycles. The molecule has 0 spiro atoms. The molecule has 1 saturated heterocycles. The number of methoxy groups -OCH3 is 1. The summed E-state index contributed by atoms with van der Waals surface area (Å²) in [5.74, 6) is 0. The third-order valence-corrected chi connectivity index (χ3v) is 7.82. The van der Waals surface area contributed by atoms with Crippen molar-refractivity contribution in [2.75, 3.05) is 7.11 Å². The van der Waals surface area contributed by atoms with Crippen molar-refractivity contribution in [3.8, 4) is 0 Å². The summed E-state index contributed by atoms with van der Waals surface area (Å²) in [6, 6.07) is 0. The predicted octanol–water partition coefficient (Wildman–Crippen LogP) is 0.830. The molecule has 0 saturated carbocycles. The Bertz CT molecular complexity index is 122. The fourth-order valence-electron chi connectivity index (χ4n) is 0.744. The number of aliphatic hydroxyl groups is 1. The molecule has 1 aliphatic heterocycles. The van der Waals surface area contributed by atoms with Crippen molar-refractivity contribution in [3.63, 3.8) is 0 Å². The molecule has 0 amide bonds. The third-order valence-electron chi connectivity index (χ3n) is 1.36. The van der Waals surface area contributed by atoms with Crippen molar-refractivity contribution in [1.29, 1.82) is 0 Å². The molecule has 68 valence electrons. The van der Waals surface area contributed by atoms with E-state index in [1.807, 2.05) is 22.6 Å². The molecule has 1 rings (SSSR count). The SMILES string of the molecule is COC1C[C@H](O)C(I)I(O)O1. The molecule has 2 N–H and O–H groups in total. The first-order valence-corrected chi connectivity index (χ1v) is 7.38. The van der Waals surface area contributed by atoms with Crippen LogP contribution in [0.15, 0.2) is 0 Å². The normalized spacial score (nSPS) is 42.5. The van der Waals surface area contributed by atoms with E-state index in [1.165, 1.54) is 7.11 Å². The van der Waals surface area contributed by atoms with Gasteiger partial charge in [-0.2, -0.15) is 0 Å². The second-order valence-corrected chi connectivity index (χ2v) is 9.18. The van der Waals surface area contributed by atoms with Crippen LogP contribution in [0.4, 0.5) is 0 Å². The van der Waals surface area contributed by atoms with Crippen LogP contribution >= 0.6 is 43.2 Å². The Hall–Kier alpha value is 1.30. The van der Waals surface area contributed by atoms with Crippen molar-refractivity contribution in [2.24, 2.45) is 0 Å². The van der Waals surface area contributed by atoms with Crippen molar-refractivity contribution >= 4 is 43.2 Å². The first kappa shape index (κ1) is 10.4. The first-order valence-electron chi connectivity index (χ1n) is 3.05. The van der Waals surface area contributed by atoms with Crippen LogP contribution in [0.25, 0.3) is 0 Å². The number of hydrogen-bond donors (Lipinski definition) is 2. The Balaban J connectivity index is 2.47. The number of hydrogen-bond acceptors (Lipinski definition) is 4. The molecule has 0 radical (unpaired) electrons. The number of ether oxygens (including phenoxy) is 1. The molecule has 0 bridgehead atoms. The van der Waals surface area contributed by atoms with Crippen molar-refractivity contribution < 1.29 is 16.3 Å². The van der Waals surface area contributed by atoms with Crippen LogP contribution in [0.3, 0.4) is 0 Å². The molecular formula is C5H10I2O4. The summed E-state index contributed by atoms with van der Waals surface area (Å²) >= 11 is -0.351. The number of alkyl halides is 2. The van der Waals surface area contributed by atoms with Gasteiger partial charge in [-0.05, 0) is 0 Å². The Kier molecular flexibility index (Phi) is 4.26. The second-order valence-electron chi connectivity index (χ2n) is 2.15. The van der Waals surface area contributed by atoms with E-state index in [2.05, 4.69) is 0 Å². The monoisotopic (exact) mass is 388 g/mol. The van der Waals surface area contributed by atoms with Crippen molar-refractivity contribution in [2.45, 2.75) is 20.7 Å². The van der Waals surface area contributed by atoms with Crippen LogP contribution < -0.4 is 0 Å². The van der Waals surface area contributed by atoms with E-state index in [0.717, 1.165) is 0 Å². The molecule has 3 atom stereocenters. The average Bonchev–Trinajstić information content (AvgIpc) is 1.99. The molecule has 11 heavy (non-hydrogen) atoms. The Morgan fingerprint density at radius 2 is 2.36 bits per heavy atom. The first-order chi connectivity index (χ1) is 5.15. The molecule has 6 heteroatoms. The van der Waals surface area contributed by atoms with E-state index in [4.69, 9.17) is 7.80 Å². The fraction of sp³-hybridized carbons (Fsp3) is 1.00. The summed E-state index contributed by atoms with van der Waals surface area (Å²) in [4.78, 5) is 0. The van der Waals surface area contributed by atoms with Gasteiger partial charge in [-0.1, -0.05) is 0 Å². The van der Waals surface area contributed by atoms with Gasteiger partial charge in [0.2, 0.25) is 0 Å². The van der Waals surface area contributed by atoms with Crippen LogP contribution in [0.1, 0.15) is 6.42 Å². The number of rotatable bonds is 1. The van der Waals surface area contributed by atoms with E-state index in [9.17, 15) is 8.54 Å². The van der Waals surface area contributed by atoms with Gasteiger partial charge in [0.15, 0.2) is 0 Å². The second kappa shape index (κ2) is 4.51. The third kappa shape index (κ3) is 2.62. The molecule has 0 aromatic rings. The van der Waals surface area contributed by atoms with E-state index < -0.39 is 33.0 Å². The number of halogens is 2. The van der Waals surface area contributed by atoms with Crippen LogP contribution in [0.5, 0.6) is 0 Å². The Morgan fingerprint density at radius 1 is 1.73 bits per heavy atom. The zero-order valence-electron chi connectivity index (χ0n) is 5.91. The standard InChI is InChI=1S/C5H10I2O4/c1-10-4-2-3(8)5(6)7(9)11-4/h3-5,8-9H,2H2,1H3/t3-,4?,5?/m0/s1. The van der Waals surface area contributed by atoms with Gasteiger partial charge in [-0.3, -0.25) is 0 Å². The van der Waals surface area contributed by atoms with Gasteiger partial charge < -0.3 is 0 Å². The zero-order valence-corrected chi connectivity index (χ0v) is 10.2. The maximum absolute atomic E-state index is 9.36. The van der Waals surface area contributed by atoms with Gasteiger partial charge in [0.05, 0.1) is 0 Å². The Morgan fingerprint density at radius 3 is 2.82 bits per heavy atom. The van der Waals surface area contributed by atoms with E-state index in [0.29, 0.717) is 6.42 Å². The Labute approximate surface area is 86.9 Å². The van der Waals surface area contributed by atoms with Crippen molar-refractivity contribution in [3.05, 3.63) is 0 Å². The molecular weight excluding hydrogens is 378 g/mol. The van der Waals surface area contributed by atoms with Crippen molar-refractivity contribution in [1.82, 2.24) is 0 Å². The molecule has 4 nitrogen and oxygen atoms in total. The predicted molar refractivity (Wildman–Crippen MR) is 56.6 cm³/mol. The van der Waals surface area contributed by atoms with Gasteiger partial charge in [0.25, 0.3) is 0 Å². The van der Waals surface area contributed by atoms with Gasteiger partial charge in [-0.15, -0.1) is 0 Å². The molecule has 0 aromatic heterocycles. The van der Waals surface area contributed by atoms with E-state index in [-0.39, 0.29) is 1.93 Å². The fourth-order valence-corrected chi connectivity index (χ4v) is 4.06. The molecule has 0 aromatic carbocycles. The summed E-state index contributed by atoms with van der Waals surface area (Å²) in [6.07, 6.45) is -0.436. The summed E-state index contributed by atoms with van der Waals surface area (Å²) < 4.78 is 19.2. The van der Waals surface area contributed by atoms with Gasteiger partial charge in [-0.25, -0.2) is 0 Å². The summed E-state index contributed by atoms with van der Waals surface area (Å²) in [6.45, 7) is 0. The summed E-state index contributed by atoms with van der Waals surface area (Å²) in [7, 11) is 1.51. The molecule has 1 aliphatic rings. The maximum atomic E-state index is 9.36. The van der Waals surface area contributed by atoms with Crippen LogP contribution in [-0.4, -0.2) is 30.0 Å². The summed E-state index contributed by atoms with van der Waals surface area (Å²) in [5.41, 5.74) is 0. The van der Waals surface area contributed by atoms with Gasteiger partial charge >= 0.3 is 87.4 Å². The van der Waals surface area contributed by atoms with E-state index >= 15 is 0 Å². The van der Waals surface area contributed by atoms with Gasteiger partial charge in [0.1, 0.15) is 0 Å². The van der Waals surface area contributed by atoms with Crippen LogP contribution in [0, 0.1) is 0 Å². The molecule has 1 heterocycles. The zero-order chi connectivity index (χ0) is 8.43. The van der Waals surface area contributed by atoms with Crippen LogP contribution in [0.2, 0.25) is 0 Å². The van der Waals surface area contributed by atoms with Gasteiger partial charge in [0, 0.05) is 0 Å². The van der Waals surface area contributed by atoms with E-state index in [1.54, 1.807) is 0 Å². The quantitative estimate of drug-likeness (QED) is 0.517. The average molecular weight is 388 g/mol. The number of aliphatic hydroxyl groups excluding tert-OH is 1. The minimum absolute atomic E-state index is 0.108. The minimum atomic E-state index is -2.37. The van der Waals surface area contributed by atoms with Crippen LogP contribution in [-0.2, 0) is 7.80 Å². The topological polar surface area (TPSA) is 58.9 Å². The molecule has 2 unspecified atom stereocenters. The molecule has 1 fully saturated rings.